The summed E-state index contributed by atoms with van der Waals surface area (Å²) in [5.74, 6) is 0.762. The van der Waals surface area contributed by atoms with E-state index in [-0.39, 0.29) is 12.2 Å². The lowest BCUT2D eigenvalue weighted by Gasteiger charge is -2.31. The number of hydrogen-bond acceptors (Lipinski definition) is 3. The van der Waals surface area contributed by atoms with Crippen LogP contribution in [0, 0.1) is 5.92 Å². The van der Waals surface area contributed by atoms with E-state index in [4.69, 9.17) is 0 Å². The standard InChI is InChI=1S/C16H31N3O/c1-5-14-16(20)19(15(17-14)12(2)3)11-10-18(4)13-8-6-7-9-13/h12-15,17H,5-11H2,1-4H3. The summed E-state index contributed by atoms with van der Waals surface area (Å²) in [5, 5.41) is 3.49. The summed E-state index contributed by atoms with van der Waals surface area (Å²) in [4.78, 5) is 17.0. The zero-order valence-electron chi connectivity index (χ0n) is 13.6. The van der Waals surface area contributed by atoms with E-state index >= 15 is 0 Å². The van der Waals surface area contributed by atoms with Crippen LogP contribution in [0.15, 0.2) is 0 Å². The normalized spacial score (nSPS) is 28.3. The molecular weight excluding hydrogens is 250 g/mol. The molecule has 4 heteroatoms. The van der Waals surface area contributed by atoms with E-state index in [9.17, 15) is 4.79 Å². The average Bonchev–Trinajstić information content (AvgIpc) is 3.04. The highest BCUT2D eigenvalue weighted by Gasteiger charge is 2.39. The Morgan fingerprint density at radius 3 is 2.55 bits per heavy atom. The van der Waals surface area contributed by atoms with Gasteiger partial charge in [-0.2, -0.15) is 0 Å². The molecule has 0 bridgehead atoms. The molecule has 1 saturated carbocycles. The van der Waals surface area contributed by atoms with Gasteiger partial charge >= 0.3 is 0 Å². The molecule has 1 aliphatic carbocycles. The largest absolute Gasteiger partial charge is 0.324 e. The molecule has 2 unspecified atom stereocenters. The maximum Gasteiger partial charge on any atom is 0.241 e. The van der Waals surface area contributed by atoms with Crippen molar-refractivity contribution in [3.05, 3.63) is 0 Å². The number of amides is 1. The molecule has 0 aromatic heterocycles. The second-order valence-corrected chi connectivity index (χ2v) is 6.77. The number of carbonyl (C=O) groups excluding carboxylic acids is 1. The Hall–Kier alpha value is -0.610. The summed E-state index contributed by atoms with van der Waals surface area (Å²) in [6.07, 6.45) is 6.49. The Labute approximate surface area is 123 Å². The van der Waals surface area contributed by atoms with Crippen molar-refractivity contribution < 1.29 is 4.79 Å². The summed E-state index contributed by atoms with van der Waals surface area (Å²) in [7, 11) is 2.21. The molecule has 1 amide bonds. The first kappa shape index (κ1) is 15.8. The molecule has 2 fully saturated rings. The molecule has 0 aromatic carbocycles. The highest BCUT2D eigenvalue weighted by atomic mass is 16.2. The van der Waals surface area contributed by atoms with Crippen LogP contribution < -0.4 is 5.32 Å². The van der Waals surface area contributed by atoms with Crippen molar-refractivity contribution >= 4 is 5.91 Å². The van der Waals surface area contributed by atoms with Gasteiger partial charge in [-0.05, 0) is 32.2 Å². The van der Waals surface area contributed by atoms with Crippen molar-refractivity contribution in [2.45, 2.75) is 71.1 Å². The first-order valence-corrected chi connectivity index (χ1v) is 8.31. The summed E-state index contributed by atoms with van der Waals surface area (Å²) in [6, 6.07) is 0.763. The van der Waals surface area contributed by atoms with Crippen LogP contribution in [0.3, 0.4) is 0 Å². The van der Waals surface area contributed by atoms with E-state index in [0.29, 0.717) is 11.8 Å². The van der Waals surface area contributed by atoms with Gasteiger partial charge in [0.15, 0.2) is 0 Å². The molecule has 1 saturated heterocycles. The van der Waals surface area contributed by atoms with Crippen LogP contribution in [0.1, 0.15) is 52.9 Å². The van der Waals surface area contributed by atoms with Gasteiger partial charge in [-0.25, -0.2) is 0 Å². The van der Waals surface area contributed by atoms with Gasteiger partial charge in [0.05, 0.1) is 12.2 Å². The van der Waals surface area contributed by atoms with Gasteiger partial charge in [0, 0.05) is 19.1 Å². The summed E-state index contributed by atoms with van der Waals surface area (Å²) in [6.45, 7) is 8.32. The number of hydrogen-bond donors (Lipinski definition) is 1. The van der Waals surface area contributed by atoms with Gasteiger partial charge in [0.2, 0.25) is 5.91 Å². The predicted octanol–water partition coefficient (Wildman–Crippen LogP) is 2.05. The van der Waals surface area contributed by atoms with Crippen molar-refractivity contribution in [2.75, 3.05) is 20.1 Å². The number of carbonyl (C=O) groups is 1. The second-order valence-electron chi connectivity index (χ2n) is 6.77. The van der Waals surface area contributed by atoms with E-state index in [1.807, 2.05) is 0 Å². The summed E-state index contributed by atoms with van der Waals surface area (Å²) in [5.41, 5.74) is 0. The van der Waals surface area contributed by atoms with Gasteiger partial charge in [0.1, 0.15) is 0 Å². The van der Waals surface area contributed by atoms with Crippen LogP contribution in [-0.4, -0.2) is 54.1 Å². The Kier molecular flexibility index (Phi) is 5.44. The van der Waals surface area contributed by atoms with E-state index in [1.54, 1.807) is 0 Å². The first-order valence-electron chi connectivity index (χ1n) is 8.31. The van der Waals surface area contributed by atoms with Crippen LogP contribution in [0.5, 0.6) is 0 Å². The third-order valence-electron chi connectivity index (χ3n) is 4.97. The van der Waals surface area contributed by atoms with E-state index in [0.717, 1.165) is 25.6 Å². The highest BCUT2D eigenvalue weighted by Crippen LogP contribution is 2.23. The van der Waals surface area contributed by atoms with Crippen molar-refractivity contribution in [3.63, 3.8) is 0 Å². The van der Waals surface area contributed by atoms with Crippen LogP contribution in [0.4, 0.5) is 0 Å². The summed E-state index contributed by atoms with van der Waals surface area (Å²) >= 11 is 0. The molecule has 2 rings (SSSR count). The molecule has 2 atom stereocenters. The maximum atomic E-state index is 12.4. The second kappa shape index (κ2) is 6.90. The van der Waals surface area contributed by atoms with Crippen LogP contribution in [0.2, 0.25) is 0 Å². The van der Waals surface area contributed by atoms with E-state index < -0.39 is 0 Å². The van der Waals surface area contributed by atoms with Crippen molar-refractivity contribution in [3.8, 4) is 0 Å². The smallest absolute Gasteiger partial charge is 0.241 e. The Morgan fingerprint density at radius 2 is 2.00 bits per heavy atom. The molecule has 0 spiro atoms. The molecule has 4 nitrogen and oxygen atoms in total. The quantitative estimate of drug-likeness (QED) is 0.809. The number of nitrogens with one attached hydrogen (secondary N) is 1. The summed E-state index contributed by atoms with van der Waals surface area (Å²) < 4.78 is 0. The fourth-order valence-electron chi connectivity index (χ4n) is 3.59. The van der Waals surface area contributed by atoms with Gasteiger partial charge in [-0.1, -0.05) is 33.6 Å². The zero-order valence-corrected chi connectivity index (χ0v) is 13.6. The molecule has 1 aliphatic heterocycles. The van der Waals surface area contributed by atoms with Gasteiger partial charge in [0.25, 0.3) is 0 Å². The highest BCUT2D eigenvalue weighted by molar-refractivity contribution is 5.84. The lowest BCUT2D eigenvalue weighted by Crippen LogP contribution is -2.45. The van der Waals surface area contributed by atoms with Crippen LogP contribution in [0.25, 0.3) is 0 Å². The van der Waals surface area contributed by atoms with Gasteiger partial charge < -0.3 is 9.80 Å². The van der Waals surface area contributed by atoms with E-state index in [2.05, 4.69) is 42.9 Å². The van der Waals surface area contributed by atoms with E-state index in [1.165, 1.54) is 25.7 Å². The third kappa shape index (κ3) is 3.34. The predicted molar refractivity (Wildman–Crippen MR) is 82.4 cm³/mol. The molecular formula is C16H31N3O. The number of rotatable bonds is 6. The minimum Gasteiger partial charge on any atom is -0.324 e. The fraction of sp³-hybridized carbons (Fsp3) is 0.938. The Bertz CT molecular complexity index is 326. The van der Waals surface area contributed by atoms with Crippen molar-refractivity contribution in [1.82, 2.24) is 15.1 Å². The minimum absolute atomic E-state index is 0.0270. The van der Waals surface area contributed by atoms with Gasteiger partial charge in [-0.3, -0.25) is 10.1 Å². The zero-order chi connectivity index (χ0) is 14.7. The Balaban J connectivity index is 1.90. The lowest BCUT2D eigenvalue weighted by atomic mass is 10.1. The molecule has 2 aliphatic rings. The third-order valence-corrected chi connectivity index (χ3v) is 4.97. The minimum atomic E-state index is 0.0270. The Morgan fingerprint density at radius 1 is 1.35 bits per heavy atom. The van der Waals surface area contributed by atoms with Crippen LogP contribution >= 0.6 is 0 Å². The molecule has 1 N–H and O–H groups in total. The number of likely N-dealkylation sites (N-methyl/N-ethyl adjacent to an activating group) is 1. The van der Waals surface area contributed by atoms with Crippen molar-refractivity contribution in [2.24, 2.45) is 5.92 Å². The van der Waals surface area contributed by atoms with Crippen molar-refractivity contribution in [1.29, 1.82) is 0 Å². The number of nitrogens with zero attached hydrogens (tertiary/aromatic N) is 2. The monoisotopic (exact) mass is 281 g/mol. The molecule has 116 valence electrons. The van der Waals surface area contributed by atoms with Gasteiger partial charge in [-0.15, -0.1) is 0 Å². The topological polar surface area (TPSA) is 35.6 Å². The average molecular weight is 281 g/mol. The molecule has 1 heterocycles. The first-order chi connectivity index (χ1) is 9.54. The molecule has 0 radical (unpaired) electrons. The SMILES string of the molecule is CCC1NC(C(C)C)N(CCN(C)C2CCCC2)C1=O. The maximum absolute atomic E-state index is 12.4. The molecule has 0 aromatic rings. The lowest BCUT2D eigenvalue weighted by molar-refractivity contribution is -0.130. The van der Waals surface area contributed by atoms with Crippen LogP contribution in [-0.2, 0) is 4.79 Å². The fourth-order valence-corrected chi connectivity index (χ4v) is 3.59. The molecule has 20 heavy (non-hydrogen) atoms.